The van der Waals surface area contributed by atoms with E-state index in [0.717, 1.165) is 12.8 Å². The third kappa shape index (κ3) is 3.11. The molecule has 0 radical (unpaired) electrons. The maximum absolute atomic E-state index is 10.5. The van der Waals surface area contributed by atoms with E-state index in [1.165, 1.54) is 25.7 Å². The van der Waals surface area contributed by atoms with Crippen LogP contribution in [-0.4, -0.2) is 30.3 Å². The van der Waals surface area contributed by atoms with Crippen LogP contribution in [0.1, 0.15) is 39.5 Å². The van der Waals surface area contributed by atoms with Gasteiger partial charge in [0.25, 0.3) is 0 Å². The van der Waals surface area contributed by atoms with Crippen molar-refractivity contribution in [2.24, 2.45) is 5.92 Å². The van der Waals surface area contributed by atoms with Gasteiger partial charge in [-0.05, 0) is 25.3 Å². The summed E-state index contributed by atoms with van der Waals surface area (Å²) >= 11 is 0. The van der Waals surface area contributed by atoms with Crippen molar-refractivity contribution in [3.63, 3.8) is 0 Å². The second kappa shape index (κ2) is 5.38. The Hall–Kier alpha value is -0.370. The first-order valence-electron chi connectivity index (χ1n) is 5.43. The van der Waals surface area contributed by atoms with E-state index in [0.29, 0.717) is 18.5 Å². The monoisotopic (exact) mass is 183 g/mol. The molecule has 1 aliphatic rings. The highest BCUT2D eigenvalue weighted by atomic mass is 16.1. The summed E-state index contributed by atoms with van der Waals surface area (Å²) in [5, 5.41) is 0. The SMILES string of the molecule is CC(C)C1CCCCCN1CC=O. The van der Waals surface area contributed by atoms with Crippen molar-refractivity contribution >= 4 is 6.29 Å². The lowest BCUT2D eigenvalue weighted by Crippen LogP contribution is -2.39. The molecular formula is C11H21NO. The van der Waals surface area contributed by atoms with Crippen LogP contribution in [-0.2, 0) is 4.79 Å². The number of nitrogens with zero attached hydrogens (tertiary/aromatic N) is 1. The smallest absolute Gasteiger partial charge is 0.133 e. The number of hydrogen-bond donors (Lipinski definition) is 0. The van der Waals surface area contributed by atoms with Gasteiger partial charge in [-0.3, -0.25) is 4.90 Å². The second-order valence-electron chi connectivity index (χ2n) is 4.32. The zero-order valence-electron chi connectivity index (χ0n) is 8.83. The maximum Gasteiger partial charge on any atom is 0.133 e. The van der Waals surface area contributed by atoms with E-state index in [-0.39, 0.29) is 0 Å². The molecule has 2 heteroatoms. The highest BCUT2D eigenvalue weighted by Crippen LogP contribution is 2.21. The van der Waals surface area contributed by atoms with Gasteiger partial charge in [0.15, 0.2) is 0 Å². The summed E-state index contributed by atoms with van der Waals surface area (Å²) < 4.78 is 0. The average molecular weight is 183 g/mol. The largest absolute Gasteiger partial charge is 0.302 e. The third-order valence-corrected chi connectivity index (χ3v) is 2.99. The van der Waals surface area contributed by atoms with E-state index >= 15 is 0 Å². The Labute approximate surface area is 81.3 Å². The van der Waals surface area contributed by atoms with Crippen LogP contribution in [0.2, 0.25) is 0 Å². The van der Waals surface area contributed by atoms with Gasteiger partial charge in [0.2, 0.25) is 0 Å². The highest BCUT2D eigenvalue weighted by Gasteiger charge is 2.22. The minimum atomic E-state index is 0.628. The van der Waals surface area contributed by atoms with Gasteiger partial charge in [-0.15, -0.1) is 0 Å². The number of carbonyl (C=O) groups excluding carboxylic acids is 1. The second-order valence-corrected chi connectivity index (χ2v) is 4.32. The van der Waals surface area contributed by atoms with Crippen LogP contribution in [0.15, 0.2) is 0 Å². The van der Waals surface area contributed by atoms with Crippen molar-refractivity contribution in [1.82, 2.24) is 4.90 Å². The Balaban J connectivity index is 2.55. The Kier molecular flexibility index (Phi) is 4.43. The molecule has 1 saturated heterocycles. The zero-order valence-corrected chi connectivity index (χ0v) is 8.83. The van der Waals surface area contributed by atoms with Crippen LogP contribution in [0.25, 0.3) is 0 Å². The molecule has 1 aliphatic heterocycles. The summed E-state index contributed by atoms with van der Waals surface area (Å²) in [6.45, 7) is 6.26. The molecule has 1 rings (SSSR count). The van der Waals surface area contributed by atoms with Gasteiger partial charge >= 0.3 is 0 Å². The van der Waals surface area contributed by atoms with Crippen molar-refractivity contribution in [2.75, 3.05) is 13.1 Å². The van der Waals surface area contributed by atoms with Gasteiger partial charge in [-0.25, -0.2) is 0 Å². The van der Waals surface area contributed by atoms with Gasteiger partial charge in [0.05, 0.1) is 6.54 Å². The highest BCUT2D eigenvalue weighted by molar-refractivity contribution is 5.52. The van der Waals surface area contributed by atoms with Gasteiger partial charge in [0, 0.05) is 6.04 Å². The summed E-state index contributed by atoms with van der Waals surface area (Å²) in [5.41, 5.74) is 0. The number of hydrogen-bond acceptors (Lipinski definition) is 2. The molecule has 0 aromatic heterocycles. The predicted octanol–water partition coefficient (Wildman–Crippen LogP) is 2.09. The quantitative estimate of drug-likeness (QED) is 0.624. The zero-order chi connectivity index (χ0) is 9.68. The Bertz CT molecular complexity index is 156. The molecule has 0 saturated carbocycles. The van der Waals surface area contributed by atoms with Crippen LogP contribution < -0.4 is 0 Å². The minimum absolute atomic E-state index is 0.628. The molecule has 1 atom stereocenters. The van der Waals surface area contributed by atoms with E-state index in [9.17, 15) is 4.79 Å². The fraction of sp³-hybridized carbons (Fsp3) is 0.909. The number of carbonyl (C=O) groups is 1. The van der Waals surface area contributed by atoms with E-state index in [2.05, 4.69) is 18.7 Å². The Morgan fingerprint density at radius 1 is 1.38 bits per heavy atom. The molecule has 0 aromatic carbocycles. The third-order valence-electron chi connectivity index (χ3n) is 2.99. The van der Waals surface area contributed by atoms with Crippen molar-refractivity contribution in [3.8, 4) is 0 Å². The fourth-order valence-electron chi connectivity index (χ4n) is 2.27. The van der Waals surface area contributed by atoms with Crippen molar-refractivity contribution in [2.45, 2.75) is 45.6 Å². The molecule has 1 unspecified atom stereocenters. The standard InChI is InChI=1S/C11H21NO/c1-10(2)11-6-4-3-5-7-12(11)8-9-13/h9-11H,3-8H2,1-2H3. The molecule has 1 heterocycles. The lowest BCUT2D eigenvalue weighted by molar-refractivity contribution is -0.109. The van der Waals surface area contributed by atoms with Crippen molar-refractivity contribution < 1.29 is 4.79 Å². The molecule has 13 heavy (non-hydrogen) atoms. The number of likely N-dealkylation sites (tertiary alicyclic amines) is 1. The first-order chi connectivity index (χ1) is 6.25. The molecule has 0 aromatic rings. The van der Waals surface area contributed by atoms with Crippen LogP contribution >= 0.6 is 0 Å². The van der Waals surface area contributed by atoms with Gasteiger partial charge in [-0.1, -0.05) is 26.7 Å². The topological polar surface area (TPSA) is 20.3 Å². The van der Waals surface area contributed by atoms with Crippen LogP contribution in [0.4, 0.5) is 0 Å². The molecule has 0 bridgehead atoms. The average Bonchev–Trinajstić information content (AvgIpc) is 2.30. The van der Waals surface area contributed by atoms with Crippen LogP contribution in [0, 0.1) is 5.92 Å². The number of rotatable bonds is 3. The van der Waals surface area contributed by atoms with Crippen LogP contribution in [0.3, 0.4) is 0 Å². The minimum Gasteiger partial charge on any atom is -0.302 e. The lowest BCUT2D eigenvalue weighted by Gasteiger charge is -2.31. The van der Waals surface area contributed by atoms with Gasteiger partial charge in [0.1, 0.15) is 6.29 Å². The van der Waals surface area contributed by atoms with Crippen LogP contribution in [0.5, 0.6) is 0 Å². The van der Waals surface area contributed by atoms with Crippen molar-refractivity contribution in [3.05, 3.63) is 0 Å². The summed E-state index contributed by atoms with van der Waals surface area (Å²) in [6.07, 6.45) is 6.24. The fourth-order valence-corrected chi connectivity index (χ4v) is 2.27. The first kappa shape index (κ1) is 10.7. The molecule has 0 amide bonds. The summed E-state index contributed by atoms with van der Waals surface area (Å²) in [6, 6.07) is 0.632. The maximum atomic E-state index is 10.5. The normalized spacial score (nSPS) is 25.9. The van der Waals surface area contributed by atoms with E-state index < -0.39 is 0 Å². The number of aldehydes is 1. The molecule has 76 valence electrons. The Morgan fingerprint density at radius 2 is 2.15 bits per heavy atom. The molecule has 0 aliphatic carbocycles. The van der Waals surface area contributed by atoms with Gasteiger partial charge < -0.3 is 4.79 Å². The van der Waals surface area contributed by atoms with E-state index in [1.807, 2.05) is 0 Å². The molecular weight excluding hydrogens is 162 g/mol. The molecule has 0 N–H and O–H groups in total. The summed E-state index contributed by atoms with van der Waals surface area (Å²) in [4.78, 5) is 12.9. The van der Waals surface area contributed by atoms with Gasteiger partial charge in [-0.2, -0.15) is 0 Å². The Morgan fingerprint density at radius 3 is 2.77 bits per heavy atom. The molecule has 0 spiro atoms. The molecule has 1 fully saturated rings. The van der Waals surface area contributed by atoms with E-state index in [1.54, 1.807) is 0 Å². The first-order valence-corrected chi connectivity index (χ1v) is 5.43. The molecule has 2 nitrogen and oxygen atoms in total. The predicted molar refractivity (Wildman–Crippen MR) is 54.7 cm³/mol. The van der Waals surface area contributed by atoms with Crippen molar-refractivity contribution in [1.29, 1.82) is 0 Å². The summed E-state index contributed by atoms with van der Waals surface area (Å²) in [7, 11) is 0. The van der Waals surface area contributed by atoms with E-state index in [4.69, 9.17) is 0 Å². The lowest BCUT2D eigenvalue weighted by atomic mass is 9.98. The summed E-state index contributed by atoms with van der Waals surface area (Å²) in [5.74, 6) is 0.679.